The molecule has 3 aromatic rings. The van der Waals surface area contributed by atoms with Gasteiger partial charge >= 0.3 is 0 Å². The fraction of sp³-hybridized carbons (Fsp3) is 0.211. The number of hydrogen-bond donors (Lipinski definition) is 2. The van der Waals surface area contributed by atoms with Gasteiger partial charge in [-0.3, -0.25) is 4.55 Å². The van der Waals surface area contributed by atoms with E-state index in [1.807, 2.05) is 12.3 Å². The third-order valence-corrected chi connectivity index (χ3v) is 4.82. The molecule has 0 saturated heterocycles. The van der Waals surface area contributed by atoms with Crippen LogP contribution in [0.4, 0.5) is 0 Å². The zero-order chi connectivity index (χ0) is 20.8. The van der Waals surface area contributed by atoms with Crippen LogP contribution >= 0.6 is 0 Å². The van der Waals surface area contributed by atoms with Gasteiger partial charge in [0, 0.05) is 12.5 Å². The number of fused-ring (bicyclic) bond motifs is 5. The SMILES string of the molecule is COc1ccc2cc3[n+](cc2c1O)CCc1cc2c(cc1-3)OCO2.O=S(=O)([O-])O. The molecule has 2 aliphatic rings. The van der Waals surface area contributed by atoms with Crippen LogP contribution in [-0.4, -0.2) is 36.5 Å². The lowest BCUT2D eigenvalue weighted by Crippen LogP contribution is -2.39. The molecule has 2 aliphatic heterocycles. The summed E-state index contributed by atoms with van der Waals surface area (Å²) in [7, 11) is -3.36. The predicted molar refractivity (Wildman–Crippen MR) is 99.9 cm³/mol. The van der Waals surface area contributed by atoms with Gasteiger partial charge in [-0.25, -0.2) is 8.42 Å². The van der Waals surface area contributed by atoms with Gasteiger partial charge in [0.2, 0.25) is 22.9 Å². The molecule has 10 heteroatoms. The van der Waals surface area contributed by atoms with Gasteiger partial charge in [0.15, 0.2) is 35.7 Å². The topological polar surface area (TPSA) is 129 Å². The Bertz CT molecular complexity index is 1210. The van der Waals surface area contributed by atoms with Crippen molar-refractivity contribution in [2.24, 2.45) is 0 Å². The molecular weight excluding hydrogens is 402 g/mol. The molecule has 0 amide bonds. The van der Waals surface area contributed by atoms with Crippen LogP contribution in [0.1, 0.15) is 5.56 Å². The first kappa shape index (κ1) is 19.2. The minimum Gasteiger partial charge on any atom is -0.726 e. The molecule has 0 bridgehead atoms. The van der Waals surface area contributed by atoms with Crippen molar-refractivity contribution in [3.8, 4) is 34.3 Å². The van der Waals surface area contributed by atoms with Gasteiger partial charge in [-0.2, -0.15) is 4.57 Å². The van der Waals surface area contributed by atoms with Crippen molar-refractivity contribution in [2.75, 3.05) is 13.9 Å². The number of aromatic hydroxyl groups is 1. The fourth-order valence-corrected chi connectivity index (χ4v) is 3.57. The van der Waals surface area contributed by atoms with Crippen LogP contribution in [0.2, 0.25) is 0 Å². The van der Waals surface area contributed by atoms with E-state index >= 15 is 0 Å². The quantitative estimate of drug-likeness (QED) is 0.347. The number of aromatic nitrogens is 1. The zero-order valence-corrected chi connectivity index (χ0v) is 16.1. The van der Waals surface area contributed by atoms with Crippen molar-refractivity contribution < 1.29 is 41.4 Å². The highest BCUT2D eigenvalue weighted by atomic mass is 32.3. The molecule has 0 spiro atoms. The Balaban J connectivity index is 0.000000369. The first-order valence-corrected chi connectivity index (χ1v) is 9.95. The molecule has 152 valence electrons. The van der Waals surface area contributed by atoms with E-state index in [1.54, 1.807) is 13.2 Å². The summed E-state index contributed by atoms with van der Waals surface area (Å²) in [6, 6.07) is 10.00. The molecule has 1 aromatic heterocycles. The van der Waals surface area contributed by atoms with Crippen LogP contribution in [0.25, 0.3) is 22.0 Å². The Kier molecular flexibility index (Phi) is 4.69. The fourth-order valence-electron chi connectivity index (χ4n) is 3.57. The maximum absolute atomic E-state index is 10.4. The summed E-state index contributed by atoms with van der Waals surface area (Å²) >= 11 is 0. The smallest absolute Gasteiger partial charge is 0.231 e. The molecule has 2 N–H and O–H groups in total. The third kappa shape index (κ3) is 3.77. The van der Waals surface area contributed by atoms with Crippen LogP contribution in [-0.2, 0) is 23.4 Å². The Morgan fingerprint density at radius 2 is 1.86 bits per heavy atom. The minimum atomic E-state index is -4.92. The van der Waals surface area contributed by atoms with Gasteiger partial charge in [-0.1, -0.05) is 0 Å². The van der Waals surface area contributed by atoms with Crippen molar-refractivity contribution in [1.29, 1.82) is 0 Å². The van der Waals surface area contributed by atoms with E-state index in [0.717, 1.165) is 46.5 Å². The number of hydrogen-bond acceptors (Lipinski definition) is 7. The number of nitrogens with zero attached hydrogens (tertiary/aromatic N) is 1. The largest absolute Gasteiger partial charge is 0.726 e. The summed E-state index contributed by atoms with van der Waals surface area (Å²) in [6.07, 6.45) is 2.91. The molecule has 0 aliphatic carbocycles. The van der Waals surface area contributed by atoms with Crippen molar-refractivity contribution in [1.82, 2.24) is 0 Å². The van der Waals surface area contributed by atoms with E-state index < -0.39 is 10.4 Å². The van der Waals surface area contributed by atoms with E-state index in [4.69, 9.17) is 31.7 Å². The Labute approximate surface area is 166 Å². The van der Waals surface area contributed by atoms with E-state index in [-0.39, 0.29) is 12.5 Å². The highest BCUT2D eigenvalue weighted by molar-refractivity contribution is 7.79. The molecule has 2 aromatic carbocycles. The van der Waals surface area contributed by atoms with Crippen molar-refractivity contribution in [3.63, 3.8) is 0 Å². The average Bonchev–Trinajstić information content (AvgIpc) is 3.12. The first-order chi connectivity index (χ1) is 13.7. The lowest BCUT2D eigenvalue weighted by Gasteiger charge is -2.16. The number of phenols is 1. The number of aryl methyl sites for hydroxylation is 2. The summed E-state index contributed by atoms with van der Waals surface area (Å²) < 4.78 is 51.2. The van der Waals surface area contributed by atoms with Crippen LogP contribution in [0, 0.1) is 0 Å². The van der Waals surface area contributed by atoms with Crippen molar-refractivity contribution in [3.05, 3.63) is 42.1 Å². The predicted octanol–water partition coefficient (Wildman–Crippen LogP) is 1.80. The second kappa shape index (κ2) is 7.07. The van der Waals surface area contributed by atoms with Gasteiger partial charge < -0.3 is 23.9 Å². The molecule has 9 nitrogen and oxygen atoms in total. The van der Waals surface area contributed by atoms with Crippen LogP contribution in [0.15, 0.2) is 36.5 Å². The number of ether oxygens (including phenoxy) is 3. The second-order valence-corrected chi connectivity index (χ2v) is 7.37. The number of benzene rings is 2. The summed E-state index contributed by atoms with van der Waals surface area (Å²) in [4.78, 5) is 0. The summed E-state index contributed by atoms with van der Waals surface area (Å²) in [6.45, 7) is 1.14. The lowest BCUT2D eigenvalue weighted by molar-refractivity contribution is -0.686. The molecule has 0 unspecified atom stereocenters. The van der Waals surface area contributed by atoms with Gasteiger partial charge in [0.1, 0.15) is 0 Å². The van der Waals surface area contributed by atoms with Crippen LogP contribution < -0.4 is 18.8 Å². The van der Waals surface area contributed by atoms with Gasteiger partial charge in [0.05, 0.1) is 18.1 Å². The Morgan fingerprint density at radius 1 is 1.17 bits per heavy atom. The highest BCUT2D eigenvalue weighted by Gasteiger charge is 2.28. The second-order valence-electron chi connectivity index (χ2n) is 6.51. The molecule has 29 heavy (non-hydrogen) atoms. The van der Waals surface area contributed by atoms with Crippen LogP contribution in [0.3, 0.4) is 0 Å². The van der Waals surface area contributed by atoms with E-state index in [1.165, 1.54) is 5.56 Å². The Morgan fingerprint density at radius 3 is 2.55 bits per heavy atom. The molecule has 0 saturated carbocycles. The molecule has 3 heterocycles. The number of pyridine rings is 1. The Hall–Kier alpha value is -3.08. The van der Waals surface area contributed by atoms with Gasteiger partial charge in [-0.15, -0.1) is 0 Å². The average molecular weight is 419 g/mol. The monoisotopic (exact) mass is 419 g/mol. The van der Waals surface area contributed by atoms with Gasteiger partial charge in [-0.05, 0) is 35.2 Å². The zero-order valence-electron chi connectivity index (χ0n) is 15.3. The summed E-state index contributed by atoms with van der Waals surface area (Å²) in [5, 5.41) is 12.2. The van der Waals surface area contributed by atoms with Crippen LogP contribution in [0.5, 0.6) is 23.0 Å². The standard InChI is InChI=1S/C19H15NO4.H2O4S/c1-22-16-3-2-11-6-15-13-8-18-17(23-10-24-18)7-12(13)4-5-20(15)9-14(11)19(16)21;1-5(2,3)4/h2-3,6-9H,4-5,10H2,1H3;(H2,1,2,3,4). The lowest BCUT2D eigenvalue weighted by atomic mass is 9.95. The minimum absolute atomic E-state index is 0.182. The number of phenolic OH excluding ortho intramolecular Hbond substituents is 1. The summed E-state index contributed by atoms with van der Waals surface area (Å²) in [5.41, 5.74) is 3.53. The van der Waals surface area contributed by atoms with Crippen molar-refractivity contribution >= 4 is 21.2 Å². The highest BCUT2D eigenvalue weighted by Crippen LogP contribution is 2.41. The maximum Gasteiger partial charge on any atom is 0.231 e. The molecular formula is C19H17NO8S. The van der Waals surface area contributed by atoms with E-state index in [9.17, 15) is 5.11 Å². The third-order valence-electron chi connectivity index (χ3n) is 4.82. The van der Waals surface area contributed by atoms with Gasteiger partial charge in [0.25, 0.3) is 0 Å². The molecule has 0 radical (unpaired) electrons. The molecule has 0 atom stereocenters. The number of rotatable bonds is 1. The molecule has 5 rings (SSSR count). The maximum atomic E-state index is 10.4. The first-order valence-electron chi connectivity index (χ1n) is 8.59. The normalized spacial score (nSPS) is 13.9. The number of methoxy groups -OCH3 is 1. The summed E-state index contributed by atoms with van der Waals surface area (Å²) in [5.74, 6) is 2.29. The van der Waals surface area contributed by atoms with Crippen molar-refractivity contribution in [2.45, 2.75) is 13.0 Å². The van der Waals surface area contributed by atoms with E-state index in [0.29, 0.717) is 5.75 Å². The molecule has 0 fully saturated rings. The van der Waals surface area contributed by atoms with E-state index in [2.05, 4.69) is 22.8 Å².